The second-order valence-corrected chi connectivity index (χ2v) is 5.56. The Hall–Kier alpha value is -0.120. The summed E-state index contributed by atoms with van der Waals surface area (Å²) < 4.78 is 0. The van der Waals surface area contributed by atoms with E-state index in [1.54, 1.807) is 0 Å². The summed E-state index contributed by atoms with van der Waals surface area (Å²) in [5.41, 5.74) is 6.31. The molecule has 0 aromatic heterocycles. The highest BCUT2D eigenvalue weighted by atomic mass is 15.2. The summed E-state index contributed by atoms with van der Waals surface area (Å²) in [7, 11) is 0. The first-order chi connectivity index (χ1) is 7.78. The molecular formula is C13H27N3. The standard InChI is InChI=1S/C13H27N3/c1-2-15-8-3-13(4-9-15)5-10-16(11-6-13)12-7-14/h2-12,14H2,1H3. The number of likely N-dealkylation sites (tertiary alicyclic amines) is 2. The maximum atomic E-state index is 5.62. The minimum Gasteiger partial charge on any atom is -0.329 e. The number of hydrogen-bond acceptors (Lipinski definition) is 3. The van der Waals surface area contributed by atoms with E-state index in [-0.39, 0.29) is 0 Å². The maximum absolute atomic E-state index is 5.62. The van der Waals surface area contributed by atoms with Crippen LogP contribution in [0.3, 0.4) is 0 Å². The van der Waals surface area contributed by atoms with Crippen molar-refractivity contribution in [2.75, 3.05) is 45.8 Å². The first-order valence-electron chi connectivity index (χ1n) is 6.93. The Morgan fingerprint density at radius 2 is 1.44 bits per heavy atom. The van der Waals surface area contributed by atoms with Crippen LogP contribution in [0.25, 0.3) is 0 Å². The first kappa shape index (κ1) is 12.3. The van der Waals surface area contributed by atoms with Crippen LogP contribution < -0.4 is 5.73 Å². The highest BCUT2D eigenvalue weighted by Crippen LogP contribution is 2.40. The van der Waals surface area contributed by atoms with Gasteiger partial charge >= 0.3 is 0 Å². The molecule has 2 fully saturated rings. The largest absolute Gasteiger partial charge is 0.329 e. The third-order valence-corrected chi connectivity index (χ3v) is 4.73. The molecule has 2 aliphatic heterocycles. The highest BCUT2D eigenvalue weighted by Gasteiger charge is 2.36. The molecule has 0 aromatic rings. The van der Waals surface area contributed by atoms with Crippen LogP contribution in [0, 0.1) is 5.41 Å². The molecule has 0 unspecified atom stereocenters. The van der Waals surface area contributed by atoms with E-state index >= 15 is 0 Å². The van der Waals surface area contributed by atoms with Crippen LogP contribution in [-0.4, -0.2) is 55.6 Å². The molecule has 0 radical (unpaired) electrons. The molecule has 16 heavy (non-hydrogen) atoms. The quantitative estimate of drug-likeness (QED) is 0.782. The van der Waals surface area contributed by atoms with Gasteiger partial charge in [0.05, 0.1) is 0 Å². The molecule has 0 atom stereocenters. The average Bonchev–Trinajstić information content (AvgIpc) is 2.34. The Bertz CT molecular complexity index is 199. The van der Waals surface area contributed by atoms with Gasteiger partial charge in [0.1, 0.15) is 0 Å². The van der Waals surface area contributed by atoms with E-state index in [1.165, 1.54) is 58.4 Å². The third kappa shape index (κ3) is 2.76. The minimum atomic E-state index is 0.691. The Balaban J connectivity index is 1.79. The van der Waals surface area contributed by atoms with Crippen molar-refractivity contribution in [3.8, 4) is 0 Å². The van der Waals surface area contributed by atoms with Gasteiger partial charge in [-0.15, -0.1) is 0 Å². The van der Waals surface area contributed by atoms with Crippen molar-refractivity contribution in [2.45, 2.75) is 32.6 Å². The van der Waals surface area contributed by atoms with Crippen molar-refractivity contribution in [1.29, 1.82) is 0 Å². The molecule has 0 saturated carbocycles. The summed E-state index contributed by atoms with van der Waals surface area (Å²) in [6.07, 6.45) is 5.67. The van der Waals surface area contributed by atoms with Crippen LogP contribution in [0.15, 0.2) is 0 Å². The van der Waals surface area contributed by atoms with Crippen LogP contribution in [0.2, 0.25) is 0 Å². The molecule has 0 bridgehead atoms. The number of rotatable bonds is 3. The number of hydrogen-bond donors (Lipinski definition) is 1. The Morgan fingerprint density at radius 3 is 1.88 bits per heavy atom. The fourth-order valence-corrected chi connectivity index (χ4v) is 3.28. The van der Waals surface area contributed by atoms with E-state index in [4.69, 9.17) is 5.73 Å². The molecule has 2 saturated heterocycles. The lowest BCUT2D eigenvalue weighted by Gasteiger charge is -2.46. The van der Waals surface area contributed by atoms with Gasteiger partial charge in [0.15, 0.2) is 0 Å². The smallest absolute Gasteiger partial charge is 0.0105 e. The van der Waals surface area contributed by atoms with Gasteiger partial charge < -0.3 is 15.5 Å². The number of nitrogens with two attached hydrogens (primary N) is 1. The summed E-state index contributed by atoms with van der Waals surface area (Å²) in [5, 5.41) is 0. The molecule has 2 heterocycles. The van der Waals surface area contributed by atoms with Crippen molar-refractivity contribution in [3.05, 3.63) is 0 Å². The summed E-state index contributed by atoms with van der Waals surface area (Å²) in [5.74, 6) is 0. The van der Waals surface area contributed by atoms with Gasteiger partial charge in [0.2, 0.25) is 0 Å². The van der Waals surface area contributed by atoms with E-state index in [1.807, 2.05) is 0 Å². The zero-order chi connectivity index (χ0) is 11.4. The molecule has 0 aromatic carbocycles. The molecule has 1 spiro atoms. The van der Waals surface area contributed by atoms with Crippen LogP contribution in [0.4, 0.5) is 0 Å². The first-order valence-corrected chi connectivity index (χ1v) is 6.93. The fraction of sp³-hybridized carbons (Fsp3) is 1.00. The summed E-state index contributed by atoms with van der Waals surface area (Å²) in [6.45, 7) is 10.6. The maximum Gasteiger partial charge on any atom is 0.0105 e. The van der Waals surface area contributed by atoms with Gasteiger partial charge in [0.25, 0.3) is 0 Å². The van der Waals surface area contributed by atoms with Gasteiger partial charge in [-0.05, 0) is 63.8 Å². The Morgan fingerprint density at radius 1 is 0.938 bits per heavy atom. The van der Waals surface area contributed by atoms with Crippen molar-refractivity contribution < 1.29 is 0 Å². The van der Waals surface area contributed by atoms with Crippen molar-refractivity contribution in [2.24, 2.45) is 11.1 Å². The van der Waals surface area contributed by atoms with Crippen molar-refractivity contribution in [1.82, 2.24) is 9.80 Å². The van der Waals surface area contributed by atoms with E-state index in [0.717, 1.165) is 13.1 Å². The molecular weight excluding hydrogens is 198 g/mol. The van der Waals surface area contributed by atoms with Crippen LogP contribution in [-0.2, 0) is 0 Å². The monoisotopic (exact) mass is 225 g/mol. The van der Waals surface area contributed by atoms with E-state index < -0.39 is 0 Å². The van der Waals surface area contributed by atoms with Gasteiger partial charge in [-0.3, -0.25) is 0 Å². The molecule has 2 rings (SSSR count). The van der Waals surface area contributed by atoms with E-state index in [9.17, 15) is 0 Å². The predicted octanol–water partition coefficient (Wildman–Crippen LogP) is 1.14. The SMILES string of the molecule is CCN1CCC2(CC1)CCN(CCN)CC2. The van der Waals surface area contributed by atoms with Crippen molar-refractivity contribution in [3.63, 3.8) is 0 Å². The van der Waals surface area contributed by atoms with Gasteiger partial charge in [-0.1, -0.05) is 6.92 Å². The molecule has 0 amide bonds. The highest BCUT2D eigenvalue weighted by molar-refractivity contribution is 4.90. The van der Waals surface area contributed by atoms with Crippen LogP contribution in [0.5, 0.6) is 0 Å². The third-order valence-electron chi connectivity index (χ3n) is 4.73. The zero-order valence-corrected chi connectivity index (χ0v) is 10.7. The molecule has 2 N–H and O–H groups in total. The Kier molecular flexibility index (Phi) is 4.22. The molecule has 3 nitrogen and oxygen atoms in total. The van der Waals surface area contributed by atoms with Gasteiger partial charge in [0, 0.05) is 13.1 Å². The molecule has 0 aliphatic carbocycles. The lowest BCUT2D eigenvalue weighted by Crippen LogP contribution is -2.47. The normalized spacial score (nSPS) is 27.4. The molecule has 2 aliphatic rings. The fourth-order valence-electron chi connectivity index (χ4n) is 3.28. The van der Waals surface area contributed by atoms with Crippen LogP contribution in [0.1, 0.15) is 32.6 Å². The van der Waals surface area contributed by atoms with Crippen molar-refractivity contribution >= 4 is 0 Å². The lowest BCUT2D eigenvalue weighted by atomic mass is 9.71. The molecule has 3 heteroatoms. The zero-order valence-electron chi connectivity index (χ0n) is 10.7. The second kappa shape index (κ2) is 5.48. The predicted molar refractivity (Wildman–Crippen MR) is 68.5 cm³/mol. The van der Waals surface area contributed by atoms with E-state index in [0.29, 0.717) is 5.41 Å². The molecule has 94 valence electrons. The van der Waals surface area contributed by atoms with E-state index in [2.05, 4.69) is 16.7 Å². The second-order valence-electron chi connectivity index (χ2n) is 5.56. The average molecular weight is 225 g/mol. The van der Waals surface area contributed by atoms with Gasteiger partial charge in [-0.2, -0.15) is 0 Å². The van der Waals surface area contributed by atoms with Crippen LogP contribution >= 0.6 is 0 Å². The summed E-state index contributed by atoms with van der Waals surface area (Å²) >= 11 is 0. The lowest BCUT2D eigenvalue weighted by molar-refractivity contribution is 0.0377. The van der Waals surface area contributed by atoms with Gasteiger partial charge in [-0.25, -0.2) is 0 Å². The number of piperidine rings is 2. The number of nitrogens with zero attached hydrogens (tertiary/aromatic N) is 2. The minimum absolute atomic E-state index is 0.691. The topological polar surface area (TPSA) is 32.5 Å². The Labute approximate surface area is 100.0 Å². The summed E-state index contributed by atoms with van der Waals surface area (Å²) in [6, 6.07) is 0. The summed E-state index contributed by atoms with van der Waals surface area (Å²) in [4.78, 5) is 5.13.